The third-order valence-electron chi connectivity index (χ3n) is 4.14. The summed E-state index contributed by atoms with van der Waals surface area (Å²) in [4.78, 5) is 12.3. The first-order valence-electron chi connectivity index (χ1n) is 7.78. The van der Waals surface area contributed by atoms with Crippen LogP contribution in [0, 0.1) is 18.7 Å². The highest BCUT2D eigenvalue weighted by Gasteiger charge is 2.19. The summed E-state index contributed by atoms with van der Waals surface area (Å²) in [6.07, 6.45) is 8.74. The second-order valence-electron chi connectivity index (χ2n) is 5.76. The van der Waals surface area contributed by atoms with E-state index in [0.717, 1.165) is 19.3 Å². The van der Waals surface area contributed by atoms with Gasteiger partial charge in [-0.05, 0) is 44.2 Å². The standard InChI is InChI=1S/C18H19FN2O2/c1-13-15(18(22)23-12-14-7-3-2-4-8-14)11-20-21(13)17-10-6-5-9-16(17)19/h2-3,5-6,9-11,14H,4,7-8,12H2,1H3. The van der Waals surface area contributed by atoms with Crippen molar-refractivity contribution in [3.8, 4) is 5.69 Å². The summed E-state index contributed by atoms with van der Waals surface area (Å²) in [5.74, 6) is -0.405. The Labute approximate surface area is 134 Å². The van der Waals surface area contributed by atoms with Crippen LogP contribution < -0.4 is 0 Å². The van der Waals surface area contributed by atoms with E-state index < -0.39 is 5.97 Å². The molecule has 1 aliphatic carbocycles. The maximum absolute atomic E-state index is 13.9. The summed E-state index contributed by atoms with van der Waals surface area (Å²) in [6, 6.07) is 6.34. The fourth-order valence-electron chi connectivity index (χ4n) is 2.76. The van der Waals surface area contributed by atoms with Crippen LogP contribution in [0.5, 0.6) is 0 Å². The molecule has 23 heavy (non-hydrogen) atoms. The van der Waals surface area contributed by atoms with Crippen molar-refractivity contribution >= 4 is 5.97 Å². The largest absolute Gasteiger partial charge is 0.462 e. The Bertz CT molecular complexity index is 736. The number of nitrogens with zero attached hydrogens (tertiary/aromatic N) is 2. The summed E-state index contributed by atoms with van der Waals surface area (Å²) in [7, 11) is 0. The number of carbonyl (C=O) groups excluding carboxylic acids is 1. The van der Waals surface area contributed by atoms with Crippen molar-refractivity contribution in [1.82, 2.24) is 9.78 Å². The van der Waals surface area contributed by atoms with Gasteiger partial charge in [-0.15, -0.1) is 0 Å². The van der Waals surface area contributed by atoms with Crippen molar-refractivity contribution in [3.05, 3.63) is 59.7 Å². The number of benzene rings is 1. The van der Waals surface area contributed by atoms with Gasteiger partial charge in [0.05, 0.1) is 18.5 Å². The van der Waals surface area contributed by atoms with E-state index in [1.807, 2.05) is 0 Å². The number of halogens is 1. The molecule has 1 aliphatic rings. The van der Waals surface area contributed by atoms with Crippen molar-refractivity contribution < 1.29 is 13.9 Å². The highest BCUT2D eigenvalue weighted by molar-refractivity contribution is 5.90. The minimum Gasteiger partial charge on any atom is -0.462 e. The lowest BCUT2D eigenvalue weighted by Crippen LogP contribution is -2.16. The van der Waals surface area contributed by atoms with Crippen molar-refractivity contribution in [3.63, 3.8) is 0 Å². The quantitative estimate of drug-likeness (QED) is 0.636. The van der Waals surface area contributed by atoms with Gasteiger partial charge in [-0.1, -0.05) is 24.3 Å². The molecule has 1 heterocycles. The average molecular weight is 314 g/mol. The Hall–Kier alpha value is -2.43. The van der Waals surface area contributed by atoms with E-state index in [-0.39, 0.29) is 5.82 Å². The first-order valence-corrected chi connectivity index (χ1v) is 7.78. The zero-order valence-corrected chi connectivity index (χ0v) is 13.0. The Kier molecular flexibility index (Phi) is 4.55. The first kappa shape index (κ1) is 15.5. The molecule has 5 heteroatoms. The van der Waals surface area contributed by atoms with Crippen molar-refractivity contribution in [2.75, 3.05) is 6.61 Å². The van der Waals surface area contributed by atoms with Crippen LogP contribution in [-0.4, -0.2) is 22.4 Å². The van der Waals surface area contributed by atoms with Crippen LogP contribution in [0.4, 0.5) is 4.39 Å². The van der Waals surface area contributed by atoms with Gasteiger partial charge in [0.15, 0.2) is 0 Å². The third kappa shape index (κ3) is 3.33. The van der Waals surface area contributed by atoms with Crippen LogP contribution in [0.25, 0.3) is 5.69 Å². The number of hydrogen-bond acceptors (Lipinski definition) is 3. The molecule has 0 saturated heterocycles. The van der Waals surface area contributed by atoms with Gasteiger partial charge < -0.3 is 4.74 Å². The van der Waals surface area contributed by atoms with E-state index in [0.29, 0.717) is 29.5 Å². The predicted octanol–water partition coefficient (Wildman–Crippen LogP) is 3.83. The molecule has 1 aromatic carbocycles. The third-order valence-corrected chi connectivity index (χ3v) is 4.14. The highest BCUT2D eigenvalue weighted by atomic mass is 19.1. The Balaban J connectivity index is 1.72. The van der Waals surface area contributed by atoms with Crippen molar-refractivity contribution in [1.29, 1.82) is 0 Å². The number of carbonyl (C=O) groups is 1. The molecular formula is C18H19FN2O2. The second-order valence-corrected chi connectivity index (χ2v) is 5.76. The fourth-order valence-corrected chi connectivity index (χ4v) is 2.76. The molecule has 1 unspecified atom stereocenters. The van der Waals surface area contributed by atoms with Gasteiger partial charge in [0.2, 0.25) is 0 Å². The number of aromatic nitrogens is 2. The molecule has 120 valence electrons. The molecule has 0 saturated carbocycles. The molecule has 3 rings (SSSR count). The van der Waals surface area contributed by atoms with Gasteiger partial charge in [0, 0.05) is 0 Å². The van der Waals surface area contributed by atoms with Gasteiger partial charge in [0.25, 0.3) is 0 Å². The maximum Gasteiger partial charge on any atom is 0.341 e. The molecule has 0 amide bonds. The predicted molar refractivity (Wildman–Crippen MR) is 85.0 cm³/mol. The smallest absolute Gasteiger partial charge is 0.341 e. The normalized spacial score (nSPS) is 17.2. The lowest BCUT2D eigenvalue weighted by Gasteiger charge is -2.17. The van der Waals surface area contributed by atoms with Crippen molar-refractivity contribution in [2.24, 2.45) is 5.92 Å². The summed E-state index contributed by atoms with van der Waals surface area (Å²) in [5, 5.41) is 4.13. The molecule has 0 aliphatic heterocycles. The Morgan fingerprint density at radius 1 is 1.39 bits per heavy atom. The van der Waals surface area contributed by atoms with Crippen LogP contribution in [0.2, 0.25) is 0 Å². The molecule has 4 nitrogen and oxygen atoms in total. The van der Waals surface area contributed by atoms with Crippen LogP contribution in [-0.2, 0) is 4.74 Å². The lowest BCUT2D eigenvalue weighted by atomic mass is 9.95. The summed E-state index contributed by atoms with van der Waals surface area (Å²) in [5.41, 5.74) is 1.27. The first-order chi connectivity index (χ1) is 11.2. The molecule has 0 bridgehead atoms. The highest BCUT2D eigenvalue weighted by Crippen LogP contribution is 2.20. The van der Waals surface area contributed by atoms with Crippen molar-refractivity contribution in [2.45, 2.75) is 26.2 Å². The number of esters is 1. The van der Waals surface area contributed by atoms with Crippen LogP contribution >= 0.6 is 0 Å². The summed E-state index contributed by atoms with van der Waals surface area (Å²) in [6.45, 7) is 2.15. The van der Waals surface area contributed by atoms with E-state index in [2.05, 4.69) is 17.3 Å². The van der Waals surface area contributed by atoms with Crippen LogP contribution in [0.15, 0.2) is 42.6 Å². The van der Waals surface area contributed by atoms with E-state index in [4.69, 9.17) is 4.74 Å². The molecule has 0 spiro atoms. The minimum absolute atomic E-state index is 0.321. The summed E-state index contributed by atoms with van der Waals surface area (Å²) >= 11 is 0. The summed E-state index contributed by atoms with van der Waals surface area (Å²) < 4.78 is 20.7. The molecule has 1 atom stereocenters. The van der Waals surface area contributed by atoms with Gasteiger partial charge in [0.1, 0.15) is 17.1 Å². The van der Waals surface area contributed by atoms with Gasteiger partial charge >= 0.3 is 5.97 Å². The van der Waals surface area contributed by atoms with Gasteiger partial charge in [-0.3, -0.25) is 0 Å². The second kappa shape index (κ2) is 6.77. The molecule has 2 aromatic rings. The zero-order valence-electron chi connectivity index (χ0n) is 13.0. The number of allylic oxidation sites excluding steroid dienone is 2. The van der Waals surface area contributed by atoms with E-state index in [1.165, 1.54) is 16.9 Å². The van der Waals surface area contributed by atoms with Gasteiger partial charge in [-0.25, -0.2) is 13.9 Å². The number of rotatable bonds is 4. The van der Waals surface area contributed by atoms with E-state index in [1.54, 1.807) is 25.1 Å². The topological polar surface area (TPSA) is 44.1 Å². The number of hydrogen-bond donors (Lipinski definition) is 0. The monoisotopic (exact) mass is 314 g/mol. The SMILES string of the molecule is Cc1c(C(=O)OCC2CC=CCC2)cnn1-c1ccccc1F. The molecule has 1 aromatic heterocycles. The van der Waals surface area contributed by atoms with E-state index >= 15 is 0 Å². The zero-order chi connectivity index (χ0) is 16.2. The van der Waals surface area contributed by atoms with Crippen LogP contribution in [0.3, 0.4) is 0 Å². The average Bonchev–Trinajstić information content (AvgIpc) is 2.95. The molecule has 0 fully saturated rings. The lowest BCUT2D eigenvalue weighted by molar-refractivity contribution is 0.0431. The number of para-hydroxylation sites is 1. The molecule has 0 N–H and O–H groups in total. The molecule has 0 radical (unpaired) electrons. The van der Waals surface area contributed by atoms with Gasteiger partial charge in [-0.2, -0.15) is 5.10 Å². The van der Waals surface area contributed by atoms with Crippen LogP contribution in [0.1, 0.15) is 35.3 Å². The Morgan fingerprint density at radius 2 is 2.22 bits per heavy atom. The number of ether oxygens (including phenoxy) is 1. The maximum atomic E-state index is 13.9. The van der Waals surface area contributed by atoms with E-state index in [9.17, 15) is 9.18 Å². The molecular weight excluding hydrogens is 295 g/mol. The fraction of sp³-hybridized carbons (Fsp3) is 0.333. The minimum atomic E-state index is -0.403. The Morgan fingerprint density at radius 3 is 2.96 bits per heavy atom.